The van der Waals surface area contributed by atoms with Gasteiger partial charge >= 0.3 is 0 Å². The first-order chi connectivity index (χ1) is 14.3. The molecule has 0 aliphatic rings. The third-order valence-corrected chi connectivity index (χ3v) is 5.76. The van der Waals surface area contributed by atoms with Crippen LogP contribution in [0.25, 0.3) is 0 Å². The Morgan fingerprint density at radius 1 is 1.10 bits per heavy atom. The van der Waals surface area contributed by atoms with E-state index in [9.17, 15) is 9.59 Å². The minimum absolute atomic E-state index is 0.0304. The molecule has 162 valence electrons. The molecule has 30 heavy (non-hydrogen) atoms. The van der Waals surface area contributed by atoms with E-state index in [-0.39, 0.29) is 31.0 Å². The second-order valence-corrected chi connectivity index (χ2v) is 8.42. The lowest BCUT2D eigenvalue weighted by Crippen LogP contribution is -2.51. The van der Waals surface area contributed by atoms with Gasteiger partial charge in [-0.1, -0.05) is 59.6 Å². The van der Waals surface area contributed by atoms with Crippen molar-refractivity contribution in [1.82, 2.24) is 10.2 Å². The molecular weight excluding hydrogens is 468 g/mol. The molecule has 0 aliphatic carbocycles. The van der Waals surface area contributed by atoms with E-state index < -0.39 is 6.04 Å². The van der Waals surface area contributed by atoms with Gasteiger partial charge in [0.2, 0.25) is 5.91 Å². The summed E-state index contributed by atoms with van der Waals surface area (Å²) in [6, 6.07) is 14.0. The molecule has 2 rings (SSSR count). The summed E-state index contributed by atoms with van der Waals surface area (Å²) in [7, 11) is 0. The van der Waals surface area contributed by atoms with Crippen molar-refractivity contribution >= 4 is 39.3 Å². The molecule has 2 aromatic carbocycles. The van der Waals surface area contributed by atoms with Crippen molar-refractivity contribution < 1.29 is 14.3 Å². The zero-order valence-electron chi connectivity index (χ0n) is 17.5. The first-order valence-corrected chi connectivity index (χ1v) is 11.2. The van der Waals surface area contributed by atoms with Gasteiger partial charge in [-0.05, 0) is 55.7 Å². The van der Waals surface area contributed by atoms with Gasteiger partial charge in [0, 0.05) is 22.1 Å². The lowest BCUT2D eigenvalue weighted by atomic mass is 10.1. The maximum absolute atomic E-state index is 13.1. The lowest BCUT2D eigenvalue weighted by Gasteiger charge is -2.31. The Bertz CT molecular complexity index is 845. The Morgan fingerprint density at radius 3 is 2.37 bits per heavy atom. The highest BCUT2D eigenvalue weighted by Crippen LogP contribution is 2.21. The van der Waals surface area contributed by atoms with Crippen molar-refractivity contribution in [2.24, 2.45) is 0 Å². The van der Waals surface area contributed by atoms with E-state index >= 15 is 0 Å². The Kier molecular flexibility index (Phi) is 9.66. The van der Waals surface area contributed by atoms with Crippen LogP contribution < -0.4 is 10.1 Å². The van der Waals surface area contributed by atoms with E-state index in [1.54, 1.807) is 23.1 Å². The van der Waals surface area contributed by atoms with E-state index in [0.717, 1.165) is 16.5 Å². The fourth-order valence-corrected chi connectivity index (χ4v) is 3.39. The molecule has 0 spiro atoms. The van der Waals surface area contributed by atoms with Gasteiger partial charge in [-0.15, -0.1) is 0 Å². The quantitative estimate of drug-likeness (QED) is 0.493. The zero-order valence-corrected chi connectivity index (χ0v) is 19.9. The Labute approximate surface area is 191 Å². The Hall–Kier alpha value is -2.05. The van der Waals surface area contributed by atoms with Crippen LogP contribution in [0.15, 0.2) is 53.0 Å². The standard InChI is InChI=1S/C23H28BrClN2O3/c1-4-16(3)26-23(29)21(5-2)27(14-17-8-6-7-9-20(17)25)22(28)15-30-19-12-10-18(24)11-13-19/h6-13,16,21H,4-5,14-15H2,1-3H3,(H,26,29)/t16-,21+/m1/s1. The summed E-state index contributed by atoms with van der Waals surface area (Å²) in [5.74, 6) is 0.140. The summed E-state index contributed by atoms with van der Waals surface area (Å²) in [5, 5.41) is 3.54. The number of ether oxygens (including phenoxy) is 1. The third kappa shape index (κ3) is 7.03. The fourth-order valence-electron chi connectivity index (χ4n) is 2.93. The molecule has 0 fully saturated rings. The average molecular weight is 496 g/mol. The van der Waals surface area contributed by atoms with Crippen LogP contribution in [0.3, 0.4) is 0 Å². The monoisotopic (exact) mass is 494 g/mol. The van der Waals surface area contributed by atoms with Crippen LogP contribution in [0.4, 0.5) is 0 Å². The van der Waals surface area contributed by atoms with Gasteiger partial charge in [0.25, 0.3) is 5.91 Å². The second-order valence-electron chi connectivity index (χ2n) is 7.10. The van der Waals surface area contributed by atoms with Crippen molar-refractivity contribution in [1.29, 1.82) is 0 Å². The molecule has 0 radical (unpaired) electrons. The molecule has 0 aromatic heterocycles. The minimum atomic E-state index is -0.615. The minimum Gasteiger partial charge on any atom is -0.484 e. The van der Waals surface area contributed by atoms with Crippen molar-refractivity contribution in [2.45, 2.75) is 52.2 Å². The van der Waals surface area contributed by atoms with Crippen LogP contribution in [0.1, 0.15) is 39.2 Å². The summed E-state index contributed by atoms with van der Waals surface area (Å²) in [5.41, 5.74) is 0.783. The van der Waals surface area contributed by atoms with E-state index in [1.807, 2.05) is 51.1 Å². The van der Waals surface area contributed by atoms with Gasteiger partial charge in [0.05, 0.1) is 0 Å². The van der Waals surface area contributed by atoms with Gasteiger partial charge in [-0.2, -0.15) is 0 Å². The number of benzene rings is 2. The van der Waals surface area contributed by atoms with Crippen LogP contribution in [0, 0.1) is 0 Å². The number of nitrogens with one attached hydrogen (secondary N) is 1. The third-order valence-electron chi connectivity index (χ3n) is 4.86. The second kappa shape index (κ2) is 12.0. The summed E-state index contributed by atoms with van der Waals surface area (Å²) in [6.45, 7) is 5.91. The summed E-state index contributed by atoms with van der Waals surface area (Å²) < 4.78 is 6.60. The summed E-state index contributed by atoms with van der Waals surface area (Å²) in [4.78, 5) is 27.6. The highest BCUT2D eigenvalue weighted by Gasteiger charge is 2.29. The summed E-state index contributed by atoms with van der Waals surface area (Å²) >= 11 is 9.70. The average Bonchev–Trinajstić information content (AvgIpc) is 2.74. The van der Waals surface area contributed by atoms with Gasteiger partial charge in [-0.3, -0.25) is 9.59 Å². The highest BCUT2D eigenvalue weighted by atomic mass is 79.9. The predicted molar refractivity (Wildman–Crippen MR) is 124 cm³/mol. The van der Waals surface area contributed by atoms with E-state index in [2.05, 4.69) is 21.2 Å². The van der Waals surface area contributed by atoms with Crippen molar-refractivity contribution in [2.75, 3.05) is 6.61 Å². The first kappa shape index (κ1) is 24.2. The Morgan fingerprint density at radius 2 is 1.77 bits per heavy atom. The number of hydrogen-bond acceptors (Lipinski definition) is 3. The molecule has 0 aliphatic heterocycles. The number of halogens is 2. The molecular formula is C23H28BrClN2O3. The predicted octanol–water partition coefficient (Wildman–Crippen LogP) is 5.20. The molecule has 2 atom stereocenters. The molecule has 0 heterocycles. The number of rotatable bonds is 10. The molecule has 5 nitrogen and oxygen atoms in total. The van der Waals surface area contributed by atoms with Gasteiger partial charge in [0.1, 0.15) is 11.8 Å². The van der Waals surface area contributed by atoms with Crippen LogP contribution in [0.2, 0.25) is 5.02 Å². The lowest BCUT2D eigenvalue weighted by molar-refractivity contribution is -0.143. The van der Waals surface area contributed by atoms with E-state index in [1.165, 1.54) is 0 Å². The molecule has 0 saturated heterocycles. The summed E-state index contributed by atoms with van der Waals surface area (Å²) in [6.07, 6.45) is 1.30. The van der Waals surface area contributed by atoms with Gasteiger partial charge in [-0.25, -0.2) is 0 Å². The molecule has 1 N–H and O–H groups in total. The van der Waals surface area contributed by atoms with Crippen molar-refractivity contribution in [3.63, 3.8) is 0 Å². The number of carbonyl (C=O) groups is 2. The zero-order chi connectivity index (χ0) is 22.1. The van der Waals surface area contributed by atoms with Crippen LogP contribution in [-0.4, -0.2) is 35.4 Å². The molecule has 0 unspecified atom stereocenters. The molecule has 0 bridgehead atoms. The van der Waals surface area contributed by atoms with Crippen molar-refractivity contribution in [3.8, 4) is 5.75 Å². The maximum atomic E-state index is 13.1. The molecule has 2 aromatic rings. The molecule has 7 heteroatoms. The number of hydrogen-bond donors (Lipinski definition) is 1. The van der Waals surface area contributed by atoms with Crippen LogP contribution in [-0.2, 0) is 16.1 Å². The molecule has 2 amide bonds. The highest BCUT2D eigenvalue weighted by molar-refractivity contribution is 9.10. The molecule has 0 saturated carbocycles. The van der Waals surface area contributed by atoms with Crippen LogP contribution >= 0.6 is 27.5 Å². The smallest absolute Gasteiger partial charge is 0.261 e. The van der Waals surface area contributed by atoms with Crippen molar-refractivity contribution in [3.05, 3.63) is 63.6 Å². The van der Waals surface area contributed by atoms with Gasteiger partial charge in [0.15, 0.2) is 6.61 Å². The normalized spacial score (nSPS) is 12.7. The number of amides is 2. The number of nitrogens with zero attached hydrogens (tertiary/aromatic N) is 1. The largest absolute Gasteiger partial charge is 0.484 e. The first-order valence-electron chi connectivity index (χ1n) is 10.1. The van der Waals surface area contributed by atoms with E-state index in [0.29, 0.717) is 17.2 Å². The van der Waals surface area contributed by atoms with Gasteiger partial charge < -0.3 is 15.0 Å². The van der Waals surface area contributed by atoms with E-state index in [4.69, 9.17) is 16.3 Å². The SMILES string of the molecule is CC[C@@H](C)NC(=O)[C@H](CC)N(Cc1ccccc1Cl)C(=O)COc1ccc(Br)cc1. The number of carbonyl (C=O) groups excluding carboxylic acids is 2. The fraction of sp³-hybridized carbons (Fsp3) is 0.391. The Balaban J connectivity index is 2.21. The topological polar surface area (TPSA) is 58.6 Å². The maximum Gasteiger partial charge on any atom is 0.261 e. The van der Waals surface area contributed by atoms with Crippen LogP contribution in [0.5, 0.6) is 5.75 Å².